The zero-order valence-electron chi connectivity index (χ0n) is 9.97. The van der Waals surface area contributed by atoms with E-state index in [9.17, 15) is 0 Å². The SMILES string of the molecule is C#Cc1nn(C)cc1-c1ccc(OCC)cc1. The predicted octanol–water partition coefficient (Wildman–Crippen LogP) is 2.47. The van der Waals surface area contributed by atoms with Crippen molar-refractivity contribution < 1.29 is 4.74 Å². The van der Waals surface area contributed by atoms with Crippen molar-refractivity contribution in [1.29, 1.82) is 0 Å². The Hall–Kier alpha value is -2.21. The molecule has 2 aromatic rings. The maximum absolute atomic E-state index is 5.43. The first-order valence-electron chi connectivity index (χ1n) is 5.48. The van der Waals surface area contributed by atoms with Crippen molar-refractivity contribution in [1.82, 2.24) is 9.78 Å². The van der Waals surface area contributed by atoms with Gasteiger partial charge < -0.3 is 4.74 Å². The van der Waals surface area contributed by atoms with Gasteiger partial charge >= 0.3 is 0 Å². The number of benzene rings is 1. The Morgan fingerprint density at radius 1 is 1.35 bits per heavy atom. The van der Waals surface area contributed by atoms with E-state index < -0.39 is 0 Å². The molecule has 0 unspecified atom stereocenters. The van der Waals surface area contributed by atoms with Gasteiger partial charge in [0.15, 0.2) is 0 Å². The van der Waals surface area contributed by atoms with Gasteiger partial charge in [0.05, 0.1) is 6.61 Å². The van der Waals surface area contributed by atoms with E-state index in [-0.39, 0.29) is 0 Å². The van der Waals surface area contributed by atoms with E-state index in [1.165, 1.54) is 0 Å². The van der Waals surface area contributed by atoms with E-state index in [1.807, 2.05) is 44.4 Å². The molecule has 0 bridgehead atoms. The average molecular weight is 226 g/mol. The molecule has 0 atom stereocenters. The van der Waals surface area contributed by atoms with Crippen LogP contribution in [0.15, 0.2) is 30.5 Å². The summed E-state index contributed by atoms with van der Waals surface area (Å²) in [4.78, 5) is 0. The van der Waals surface area contributed by atoms with Crippen molar-refractivity contribution in [3.8, 4) is 29.2 Å². The van der Waals surface area contributed by atoms with Crippen molar-refractivity contribution in [3.63, 3.8) is 0 Å². The van der Waals surface area contributed by atoms with Crippen LogP contribution in [0.2, 0.25) is 0 Å². The van der Waals surface area contributed by atoms with Gasteiger partial charge in [-0.15, -0.1) is 6.42 Å². The molecule has 3 nitrogen and oxygen atoms in total. The maximum atomic E-state index is 5.43. The Kier molecular flexibility index (Phi) is 3.15. The first kappa shape index (κ1) is 11.3. The summed E-state index contributed by atoms with van der Waals surface area (Å²) in [5.41, 5.74) is 2.68. The van der Waals surface area contributed by atoms with Gasteiger partial charge in [0.25, 0.3) is 0 Å². The molecule has 0 aliphatic carbocycles. The van der Waals surface area contributed by atoms with Crippen LogP contribution in [0.5, 0.6) is 5.75 Å². The molecule has 2 rings (SSSR count). The summed E-state index contributed by atoms with van der Waals surface area (Å²) < 4.78 is 7.12. The minimum Gasteiger partial charge on any atom is -0.494 e. The van der Waals surface area contributed by atoms with Gasteiger partial charge in [0.2, 0.25) is 0 Å². The van der Waals surface area contributed by atoms with E-state index in [4.69, 9.17) is 11.2 Å². The zero-order valence-corrected chi connectivity index (χ0v) is 9.97. The standard InChI is InChI=1S/C14H14N2O/c1-4-14-13(10-16(3)15-14)11-6-8-12(9-7-11)17-5-2/h1,6-10H,5H2,2-3H3. The van der Waals surface area contributed by atoms with Crippen molar-refractivity contribution in [2.24, 2.45) is 7.05 Å². The van der Waals surface area contributed by atoms with E-state index in [0.29, 0.717) is 12.3 Å². The van der Waals surface area contributed by atoms with Gasteiger partial charge in [-0.3, -0.25) is 4.68 Å². The molecule has 0 aliphatic rings. The first-order valence-corrected chi connectivity index (χ1v) is 5.48. The molecule has 0 saturated heterocycles. The summed E-state index contributed by atoms with van der Waals surface area (Å²) in [7, 11) is 1.86. The highest BCUT2D eigenvalue weighted by Crippen LogP contribution is 2.24. The van der Waals surface area contributed by atoms with Crippen LogP contribution in [0.3, 0.4) is 0 Å². The smallest absolute Gasteiger partial charge is 0.142 e. The second-order valence-electron chi connectivity index (χ2n) is 3.67. The number of aryl methyl sites for hydroxylation is 1. The van der Waals surface area contributed by atoms with Crippen molar-refractivity contribution in [2.75, 3.05) is 6.61 Å². The number of rotatable bonds is 3. The minimum absolute atomic E-state index is 0.664. The monoisotopic (exact) mass is 226 g/mol. The second kappa shape index (κ2) is 4.75. The number of aromatic nitrogens is 2. The topological polar surface area (TPSA) is 27.1 Å². The maximum Gasteiger partial charge on any atom is 0.142 e. The fourth-order valence-electron chi connectivity index (χ4n) is 1.70. The molecule has 1 aromatic carbocycles. The Labute approximate surface area is 101 Å². The lowest BCUT2D eigenvalue weighted by atomic mass is 10.1. The third kappa shape index (κ3) is 2.31. The van der Waals surface area contributed by atoms with Gasteiger partial charge in [0.1, 0.15) is 11.4 Å². The van der Waals surface area contributed by atoms with Crippen molar-refractivity contribution >= 4 is 0 Å². The summed E-state index contributed by atoms with van der Waals surface area (Å²) in [6.07, 6.45) is 7.35. The van der Waals surface area contributed by atoms with Gasteiger partial charge in [-0.1, -0.05) is 12.1 Å². The molecular weight excluding hydrogens is 212 g/mol. The van der Waals surface area contributed by atoms with Crippen molar-refractivity contribution in [3.05, 3.63) is 36.2 Å². The number of hydrogen-bond donors (Lipinski definition) is 0. The van der Waals surface area contributed by atoms with Crippen LogP contribution in [0, 0.1) is 12.3 Å². The van der Waals surface area contributed by atoms with Crippen LogP contribution in [0.1, 0.15) is 12.6 Å². The highest BCUT2D eigenvalue weighted by Gasteiger charge is 2.07. The first-order chi connectivity index (χ1) is 8.24. The van der Waals surface area contributed by atoms with E-state index >= 15 is 0 Å². The third-order valence-electron chi connectivity index (χ3n) is 2.44. The molecule has 0 saturated carbocycles. The van der Waals surface area contributed by atoms with Crippen LogP contribution >= 0.6 is 0 Å². The summed E-state index contributed by atoms with van der Waals surface area (Å²) in [5.74, 6) is 3.45. The van der Waals surface area contributed by atoms with E-state index in [0.717, 1.165) is 16.9 Å². The Balaban J connectivity index is 2.36. The molecule has 86 valence electrons. The number of hydrogen-bond acceptors (Lipinski definition) is 2. The van der Waals surface area contributed by atoms with Gasteiger partial charge in [-0.05, 0) is 30.5 Å². The van der Waals surface area contributed by atoms with Gasteiger partial charge in [0, 0.05) is 18.8 Å². The molecule has 0 aliphatic heterocycles. The summed E-state index contributed by atoms with van der Waals surface area (Å²) in [5, 5.41) is 4.21. The molecule has 0 fully saturated rings. The van der Waals surface area contributed by atoms with Crippen LogP contribution in [0.4, 0.5) is 0 Å². The average Bonchev–Trinajstić information content (AvgIpc) is 2.72. The quantitative estimate of drug-likeness (QED) is 0.752. The number of nitrogens with zero attached hydrogens (tertiary/aromatic N) is 2. The summed E-state index contributed by atoms with van der Waals surface area (Å²) in [6, 6.07) is 7.85. The molecule has 1 aromatic heterocycles. The van der Waals surface area contributed by atoms with Crippen LogP contribution in [0.25, 0.3) is 11.1 Å². The lowest BCUT2D eigenvalue weighted by molar-refractivity contribution is 0.340. The van der Waals surface area contributed by atoms with E-state index in [2.05, 4.69) is 11.0 Å². The number of ether oxygens (including phenoxy) is 1. The Morgan fingerprint density at radius 2 is 2.06 bits per heavy atom. The van der Waals surface area contributed by atoms with Crippen molar-refractivity contribution in [2.45, 2.75) is 6.92 Å². The molecule has 3 heteroatoms. The Morgan fingerprint density at radius 3 is 2.65 bits per heavy atom. The number of terminal acetylenes is 1. The molecule has 0 radical (unpaired) electrons. The third-order valence-corrected chi connectivity index (χ3v) is 2.44. The highest BCUT2D eigenvalue weighted by atomic mass is 16.5. The van der Waals surface area contributed by atoms with Crippen LogP contribution in [-0.2, 0) is 7.05 Å². The lowest BCUT2D eigenvalue weighted by Crippen LogP contribution is -1.90. The fraction of sp³-hybridized carbons (Fsp3) is 0.214. The molecule has 1 heterocycles. The summed E-state index contributed by atoms with van der Waals surface area (Å²) in [6.45, 7) is 2.63. The van der Waals surface area contributed by atoms with Crippen LogP contribution < -0.4 is 4.74 Å². The Bertz CT molecular complexity index is 547. The molecule has 0 N–H and O–H groups in total. The van der Waals surface area contributed by atoms with Crippen LogP contribution in [-0.4, -0.2) is 16.4 Å². The van der Waals surface area contributed by atoms with Gasteiger partial charge in [-0.2, -0.15) is 5.10 Å². The molecule has 0 spiro atoms. The fourth-order valence-corrected chi connectivity index (χ4v) is 1.70. The van der Waals surface area contributed by atoms with Gasteiger partial charge in [-0.25, -0.2) is 0 Å². The highest BCUT2D eigenvalue weighted by molar-refractivity contribution is 5.69. The minimum atomic E-state index is 0.664. The summed E-state index contributed by atoms with van der Waals surface area (Å²) >= 11 is 0. The van der Waals surface area contributed by atoms with E-state index in [1.54, 1.807) is 4.68 Å². The molecule has 17 heavy (non-hydrogen) atoms. The largest absolute Gasteiger partial charge is 0.494 e. The lowest BCUT2D eigenvalue weighted by Gasteiger charge is -2.03. The normalized spacial score (nSPS) is 9.94. The second-order valence-corrected chi connectivity index (χ2v) is 3.67. The zero-order chi connectivity index (χ0) is 12.3. The molecule has 0 amide bonds. The predicted molar refractivity (Wildman–Crippen MR) is 67.7 cm³/mol. The molecular formula is C14H14N2O.